The van der Waals surface area contributed by atoms with E-state index in [1.165, 1.54) is 21.3 Å². The minimum absolute atomic E-state index is 0.0256. The van der Waals surface area contributed by atoms with Crippen molar-refractivity contribution in [3.05, 3.63) is 47.5 Å². The Morgan fingerprint density at radius 3 is 2.44 bits per heavy atom. The van der Waals surface area contributed by atoms with Gasteiger partial charge in [-0.15, -0.1) is 0 Å². The molecule has 1 aliphatic rings. The number of methoxy groups -OCH3 is 3. The van der Waals surface area contributed by atoms with E-state index in [1.807, 2.05) is 0 Å². The minimum atomic E-state index is -2.12. The van der Waals surface area contributed by atoms with Gasteiger partial charge in [0.05, 0.1) is 20.8 Å². The summed E-state index contributed by atoms with van der Waals surface area (Å²) in [6, 6.07) is 10.4. The average molecular weight is 448 g/mol. The van der Waals surface area contributed by atoms with Crippen LogP contribution in [0.2, 0.25) is 0 Å². The van der Waals surface area contributed by atoms with Gasteiger partial charge >= 0.3 is 5.97 Å². The van der Waals surface area contributed by atoms with Gasteiger partial charge in [0.2, 0.25) is 6.79 Å². The molecule has 2 aromatic carbocycles. The number of carbonyl (C=O) groups is 1. The van der Waals surface area contributed by atoms with Crippen molar-refractivity contribution in [2.24, 2.45) is 5.92 Å². The van der Waals surface area contributed by atoms with Crippen LogP contribution in [0.4, 0.5) is 0 Å². The molecule has 0 saturated carbocycles. The van der Waals surface area contributed by atoms with Crippen molar-refractivity contribution in [3.63, 3.8) is 0 Å². The van der Waals surface area contributed by atoms with Crippen LogP contribution in [0.25, 0.3) is 0 Å². The number of fused-ring (bicyclic) bond motifs is 1. The molecule has 0 fully saturated rings. The Bertz CT molecular complexity index is 930. The van der Waals surface area contributed by atoms with E-state index in [0.717, 1.165) is 5.56 Å². The van der Waals surface area contributed by atoms with Gasteiger partial charge in [-0.25, -0.2) is 4.79 Å². The first-order valence-corrected chi connectivity index (χ1v) is 10.0. The third kappa shape index (κ3) is 5.24. The molecule has 0 aromatic heterocycles. The molecule has 0 amide bonds. The Labute approximate surface area is 186 Å². The summed E-state index contributed by atoms with van der Waals surface area (Å²) < 4.78 is 31.7. The van der Waals surface area contributed by atoms with E-state index in [0.29, 0.717) is 28.6 Å². The van der Waals surface area contributed by atoms with Gasteiger partial charge in [-0.1, -0.05) is 12.1 Å². The second kappa shape index (κ2) is 10.5. The van der Waals surface area contributed by atoms with Crippen LogP contribution in [0.15, 0.2) is 36.4 Å². The van der Waals surface area contributed by atoms with E-state index >= 15 is 0 Å². The highest BCUT2D eigenvalue weighted by molar-refractivity contribution is 5.78. The molecule has 9 nitrogen and oxygen atoms in total. The molecule has 2 aromatic rings. The molecule has 1 heterocycles. The Balaban J connectivity index is 1.90. The first kappa shape index (κ1) is 23.6. The fraction of sp³-hybridized carbons (Fsp3) is 0.435. The second-order valence-corrected chi connectivity index (χ2v) is 7.46. The van der Waals surface area contributed by atoms with Crippen molar-refractivity contribution >= 4 is 5.97 Å². The number of ether oxygens (including phenoxy) is 6. The summed E-state index contributed by atoms with van der Waals surface area (Å²) in [7, 11) is 4.53. The highest BCUT2D eigenvalue weighted by atomic mass is 16.7. The Hall–Kier alpha value is -3.01. The molecule has 0 bridgehead atoms. The Morgan fingerprint density at radius 2 is 1.75 bits per heavy atom. The largest absolute Gasteiger partial charge is 0.493 e. The number of hydrogen-bond acceptors (Lipinski definition) is 8. The topological polar surface area (TPSA) is 113 Å². The molecule has 32 heavy (non-hydrogen) atoms. The standard InChI is InChI=1S/C23H28O9/c1-27-13-30-12-17(8-15-4-6-18(28-2)20(9-15)29-3)23(26,22(24)25)11-16-5-7-19-21(10-16)32-14-31-19/h4-7,9-10,17,26H,8,11-14H2,1-3H3,(H,24,25)/t17-,23-/m0/s1. The summed E-state index contributed by atoms with van der Waals surface area (Å²) in [5, 5.41) is 21.4. The van der Waals surface area contributed by atoms with Crippen molar-refractivity contribution < 1.29 is 43.4 Å². The highest BCUT2D eigenvalue weighted by Crippen LogP contribution is 2.36. The van der Waals surface area contributed by atoms with Crippen molar-refractivity contribution in [2.75, 3.05) is 41.5 Å². The zero-order valence-electron chi connectivity index (χ0n) is 18.3. The SMILES string of the molecule is COCOC[C@H](Cc1ccc(OC)c(OC)c1)[C@@](O)(Cc1ccc2c(c1)OCO2)C(=O)O. The fourth-order valence-corrected chi connectivity index (χ4v) is 3.69. The third-order valence-corrected chi connectivity index (χ3v) is 5.41. The van der Waals surface area contributed by atoms with Crippen LogP contribution in [0, 0.1) is 5.92 Å². The molecular weight excluding hydrogens is 420 g/mol. The van der Waals surface area contributed by atoms with Gasteiger partial charge in [-0.2, -0.15) is 0 Å². The van der Waals surface area contributed by atoms with Crippen LogP contribution in [0.1, 0.15) is 11.1 Å². The minimum Gasteiger partial charge on any atom is -0.493 e. The zero-order valence-corrected chi connectivity index (χ0v) is 18.3. The molecule has 9 heteroatoms. The van der Waals surface area contributed by atoms with Crippen LogP contribution in [-0.4, -0.2) is 63.3 Å². The first-order valence-electron chi connectivity index (χ1n) is 10.0. The normalized spacial score (nSPS) is 15.1. The number of aliphatic carboxylic acids is 1. The van der Waals surface area contributed by atoms with Gasteiger partial charge in [0.15, 0.2) is 28.6 Å². The Morgan fingerprint density at radius 1 is 1.03 bits per heavy atom. The van der Waals surface area contributed by atoms with Gasteiger partial charge in [0.1, 0.15) is 6.79 Å². The maximum Gasteiger partial charge on any atom is 0.336 e. The summed E-state index contributed by atoms with van der Waals surface area (Å²) in [6.07, 6.45) is 0.0741. The van der Waals surface area contributed by atoms with Crippen molar-refractivity contribution in [3.8, 4) is 23.0 Å². The van der Waals surface area contributed by atoms with Crippen molar-refractivity contribution in [2.45, 2.75) is 18.4 Å². The first-order chi connectivity index (χ1) is 15.4. The summed E-state index contributed by atoms with van der Waals surface area (Å²) in [6.45, 7) is 0.0481. The molecule has 0 unspecified atom stereocenters. The summed E-state index contributed by atoms with van der Waals surface area (Å²) in [5.41, 5.74) is -0.753. The highest BCUT2D eigenvalue weighted by Gasteiger charge is 2.44. The lowest BCUT2D eigenvalue weighted by Gasteiger charge is -2.33. The van der Waals surface area contributed by atoms with E-state index in [9.17, 15) is 15.0 Å². The van der Waals surface area contributed by atoms with Crippen LogP contribution >= 0.6 is 0 Å². The van der Waals surface area contributed by atoms with Gasteiger partial charge in [-0.3, -0.25) is 0 Å². The predicted octanol–water partition coefficient (Wildman–Crippen LogP) is 2.27. The van der Waals surface area contributed by atoms with E-state index in [2.05, 4.69) is 0 Å². The molecule has 0 saturated heterocycles. The molecule has 2 atom stereocenters. The number of benzene rings is 2. The van der Waals surface area contributed by atoms with Gasteiger partial charge in [-0.05, 0) is 41.8 Å². The molecule has 0 aliphatic carbocycles. The van der Waals surface area contributed by atoms with Crippen LogP contribution in [0.3, 0.4) is 0 Å². The zero-order chi connectivity index (χ0) is 23.1. The Kier molecular flexibility index (Phi) is 7.79. The lowest BCUT2D eigenvalue weighted by atomic mass is 9.79. The molecule has 0 radical (unpaired) electrons. The number of carboxylic acid groups (broad SMARTS) is 1. The van der Waals surface area contributed by atoms with Crippen LogP contribution in [-0.2, 0) is 27.1 Å². The fourth-order valence-electron chi connectivity index (χ4n) is 3.69. The molecular formula is C23H28O9. The smallest absolute Gasteiger partial charge is 0.336 e. The second-order valence-electron chi connectivity index (χ2n) is 7.46. The van der Waals surface area contributed by atoms with E-state index < -0.39 is 17.5 Å². The quantitative estimate of drug-likeness (QED) is 0.373. The predicted molar refractivity (Wildman–Crippen MR) is 113 cm³/mol. The average Bonchev–Trinajstić information content (AvgIpc) is 3.26. The van der Waals surface area contributed by atoms with Gasteiger partial charge < -0.3 is 38.6 Å². The van der Waals surface area contributed by atoms with Crippen molar-refractivity contribution in [1.29, 1.82) is 0 Å². The number of aliphatic hydroxyl groups is 1. The molecule has 3 rings (SSSR count). The van der Waals surface area contributed by atoms with Gasteiger partial charge in [0, 0.05) is 19.4 Å². The number of hydrogen-bond donors (Lipinski definition) is 2. The number of rotatable bonds is 12. The lowest BCUT2D eigenvalue weighted by molar-refractivity contribution is -0.170. The maximum absolute atomic E-state index is 12.3. The van der Waals surface area contributed by atoms with Crippen LogP contribution in [0.5, 0.6) is 23.0 Å². The van der Waals surface area contributed by atoms with E-state index in [1.54, 1.807) is 36.4 Å². The maximum atomic E-state index is 12.3. The number of carboxylic acids is 1. The summed E-state index contributed by atoms with van der Waals surface area (Å²) in [5.74, 6) is 0.0223. The van der Waals surface area contributed by atoms with E-state index in [4.69, 9.17) is 28.4 Å². The molecule has 0 spiro atoms. The monoisotopic (exact) mass is 448 g/mol. The summed E-state index contributed by atoms with van der Waals surface area (Å²) >= 11 is 0. The molecule has 2 N–H and O–H groups in total. The summed E-state index contributed by atoms with van der Waals surface area (Å²) in [4.78, 5) is 12.3. The molecule has 1 aliphatic heterocycles. The van der Waals surface area contributed by atoms with Crippen molar-refractivity contribution in [1.82, 2.24) is 0 Å². The van der Waals surface area contributed by atoms with Crippen LogP contribution < -0.4 is 18.9 Å². The third-order valence-electron chi connectivity index (χ3n) is 5.41. The van der Waals surface area contributed by atoms with Gasteiger partial charge in [0.25, 0.3) is 0 Å². The lowest BCUT2D eigenvalue weighted by Crippen LogP contribution is -2.50. The molecule has 174 valence electrons. The van der Waals surface area contributed by atoms with E-state index in [-0.39, 0.29) is 33.0 Å².